The molecule has 0 aromatic heterocycles. The first-order valence-corrected chi connectivity index (χ1v) is 11.1. The maximum Gasteiger partial charge on any atom is 0.491 e. The fourth-order valence-corrected chi connectivity index (χ4v) is 4.94. The summed E-state index contributed by atoms with van der Waals surface area (Å²) in [5.74, 6) is 0.387. The normalized spacial score (nSPS) is 27.1. The van der Waals surface area contributed by atoms with Crippen LogP contribution in [0.15, 0.2) is 59.2 Å². The second-order valence-electron chi connectivity index (χ2n) is 9.81. The van der Waals surface area contributed by atoms with Gasteiger partial charge in [0.25, 0.3) is 0 Å². The van der Waals surface area contributed by atoms with Gasteiger partial charge in [-0.1, -0.05) is 30.4 Å². The van der Waals surface area contributed by atoms with Gasteiger partial charge in [0.2, 0.25) is 0 Å². The Kier molecular flexibility index (Phi) is 4.56. The molecule has 0 spiro atoms. The van der Waals surface area contributed by atoms with E-state index in [1.807, 2.05) is 12.1 Å². The Morgan fingerprint density at radius 1 is 0.967 bits per heavy atom. The monoisotopic (exact) mass is 405 g/mol. The topological polar surface area (TPSA) is 51.0 Å². The molecule has 2 saturated heterocycles. The van der Waals surface area contributed by atoms with Gasteiger partial charge in [0.05, 0.1) is 22.6 Å². The van der Waals surface area contributed by atoms with E-state index < -0.39 is 0 Å². The molecule has 1 aromatic rings. The lowest BCUT2D eigenvalue weighted by Crippen LogP contribution is -2.49. The van der Waals surface area contributed by atoms with Crippen molar-refractivity contribution >= 4 is 18.5 Å². The van der Waals surface area contributed by atoms with Crippen molar-refractivity contribution in [2.24, 2.45) is 5.92 Å². The molecular formula is C24H32BN3O2. The van der Waals surface area contributed by atoms with Gasteiger partial charge in [-0.25, -0.2) is 0 Å². The molecule has 2 bridgehead atoms. The van der Waals surface area contributed by atoms with Gasteiger partial charge in [-0.2, -0.15) is 0 Å². The zero-order valence-electron chi connectivity index (χ0n) is 18.5. The Morgan fingerprint density at radius 2 is 1.60 bits per heavy atom. The lowest BCUT2D eigenvalue weighted by molar-refractivity contribution is 0.00578. The Morgan fingerprint density at radius 3 is 2.27 bits per heavy atom. The Labute approximate surface area is 180 Å². The summed E-state index contributed by atoms with van der Waals surface area (Å²) in [6, 6.07) is 8.17. The molecule has 0 unspecified atom stereocenters. The van der Waals surface area contributed by atoms with Crippen molar-refractivity contribution < 1.29 is 9.31 Å². The van der Waals surface area contributed by atoms with Crippen molar-refractivity contribution in [2.45, 2.75) is 45.3 Å². The smallest absolute Gasteiger partial charge is 0.400 e. The van der Waals surface area contributed by atoms with Gasteiger partial charge in [-0.3, -0.25) is 0 Å². The number of benzene rings is 1. The summed E-state index contributed by atoms with van der Waals surface area (Å²) in [5, 5.41) is 0. The van der Waals surface area contributed by atoms with Gasteiger partial charge in [-0.15, -0.1) is 0 Å². The summed E-state index contributed by atoms with van der Waals surface area (Å²) in [6.07, 6.45) is 7.73. The van der Waals surface area contributed by atoms with Gasteiger partial charge >= 0.3 is 7.12 Å². The molecule has 30 heavy (non-hydrogen) atoms. The Bertz CT molecular complexity index is 926. The van der Waals surface area contributed by atoms with Crippen LogP contribution in [0.5, 0.6) is 0 Å². The average molecular weight is 405 g/mol. The second kappa shape index (κ2) is 6.93. The van der Waals surface area contributed by atoms with Crippen LogP contribution in [0.1, 0.15) is 34.1 Å². The van der Waals surface area contributed by atoms with Crippen molar-refractivity contribution in [3.05, 3.63) is 59.2 Å². The van der Waals surface area contributed by atoms with Crippen LogP contribution in [-0.2, 0) is 9.31 Å². The highest BCUT2D eigenvalue weighted by Gasteiger charge is 2.54. The van der Waals surface area contributed by atoms with E-state index in [9.17, 15) is 0 Å². The number of nitrogens with zero attached hydrogens (tertiary/aromatic N) is 2. The molecule has 0 amide bonds. The van der Waals surface area contributed by atoms with Crippen molar-refractivity contribution in [3.8, 4) is 0 Å². The summed E-state index contributed by atoms with van der Waals surface area (Å²) in [4.78, 5) is 4.97. The molecule has 0 saturated carbocycles. The first-order chi connectivity index (χ1) is 14.3. The number of piperazine rings is 1. The zero-order valence-corrected chi connectivity index (χ0v) is 18.5. The highest BCUT2D eigenvalue weighted by molar-refractivity contribution is 6.55. The highest BCUT2D eigenvalue weighted by atomic mass is 16.7. The summed E-state index contributed by atoms with van der Waals surface area (Å²) < 4.78 is 12.8. The molecule has 6 heteroatoms. The van der Waals surface area contributed by atoms with Crippen LogP contribution in [0.2, 0.25) is 0 Å². The van der Waals surface area contributed by atoms with Crippen LogP contribution < -0.4 is 10.6 Å². The summed E-state index contributed by atoms with van der Waals surface area (Å²) in [7, 11) is -0.273. The molecular weight excluding hydrogens is 373 g/mol. The summed E-state index contributed by atoms with van der Waals surface area (Å²) >= 11 is 0. The van der Waals surface area contributed by atoms with E-state index in [2.05, 4.69) is 67.9 Å². The number of anilines is 2. The number of nitrogens with two attached hydrogens (primary N) is 1. The van der Waals surface area contributed by atoms with Crippen LogP contribution in [0.3, 0.4) is 0 Å². The van der Waals surface area contributed by atoms with Crippen molar-refractivity contribution in [2.75, 3.05) is 36.8 Å². The second-order valence-corrected chi connectivity index (χ2v) is 9.81. The average Bonchev–Trinajstić information content (AvgIpc) is 2.89. The molecule has 2 N–H and O–H groups in total. The van der Waals surface area contributed by atoms with E-state index in [1.54, 1.807) is 0 Å². The first-order valence-electron chi connectivity index (χ1n) is 11.1. The van der Waals surface area contributed by atoms with E-state index in [-0.39, 0.29) is 18.3 Å². The number of para-hydroxylation sites is 2. The van der Waals surface area contributed by atoms with Crippen LogP contribution in [-0.4, -0.2) is 49.4 Å². The molecule has 1 atom stereocenters. The van der Waals surface area contributed by atoms with Gasteiger partial charge in [0.1, 0.15) is 0 Å². The molecule has 5 aliphatic rings. The van der Waals surface area contributed by atoms with Crippen LogP contribution in [0.4, 0.5) is 11.4 Å². The minimum atomic E-state index is -0.313. The van der Waals surface area contributed by atoms with Crippen LogP contribution in [0, 0.1) is 5.92 Å². The molecule has 2 fully saturated rings. The maximum atomic E-state index is 6.39. The lowest BCUT2D eigenvalue weighted by atomic mass is 9.63. The molecule has 3 aliphatic carbocycles. The number of rotatable bonds is 3. The summed E-state index contributed by atoms with van der Waals surface area (Å²) in [5.41, 5.74) is 11.8. The van der Waals surface area contributed by atoms with Gasteiger partial charge in [0.15, 0.2) is 0 Å². The predicted octanol–water partition coefficient (Wildman–Crippen LogP) is 3.79. The molecule has 2 heterocycles. The number of hydrogen-bond donors (Lipinski definition) is 1. The minimum absolute atomic E-state index is 0.273. The standard InChI is InChI=1S/C24H32BN3O2/c1-23(2)24(3,4)30-25(29-23)19-9-7-8-17-16-18(19)22(17)28-14-12-27(13-15-28)21-11-6-5-10-20(21)26/h5-11,18H,12-16,26H2,1-4H3/t18-/m0/s1. The molecule has 2 aliphatic heterocycles. The van der Waals surface area contributed by atoms with Crippen molar-refractivity contribution in [1.29, 1.82) is 0 Å². The fraction of sp³-hybridized carbons (Fsp3) is 0.500. The maximum absolute atomic E-state index is 6.39. The molecule has 158 valence electrons. The van der Waals surface area contributed by atoms with E-state index in [0.29, 0.717) is 5.92 Å². The lowest BCUT2D eigenvalue weighted by Gasteiger charge is -2.46. The molecule has 5 nitrogen and oxygen atoms in total. The SMILES string of the molecule is CC1(C)OB(C2=CC=CC3=C(N4CCN(c5ccccc5N)CC4)[C@H]2C3)OC1(C)C. The molecule has 1 aromatic carbocycles. The van der Waals surface area contributed by atoms with E-state index in [4.69, 9.17) is 15.0 Å². The van der Waals surface area contributed by atoms with Gasteiger partial charge in [0, 0.05) is 37.8 Å². The zero-order chi connectivity index (χ0) is 21.1. The van der Waals surface area contributed by atoms with E-state index in [0.717, 1.165) is 44.0 Å². The number of hydrogen-bond acceptors (Lipinski definition) is 5. The van der Waals surface area contributed by atoms with E-state index in [1.165, 1.54) is 16.7 Å². The molecule has 6 rings (SSSR count). The van der Waals surface area contributed by atoms with E-state index >= 15 is 0 Å². The van der Waals surface area contributed by atoms with Crippen molar-refractivity contribution in [1.82, 2.24) is 4.90 Å². The fourth-order valence-electron chi connectivity index (χ4n) is 4.94. The third-order valence-corrected chi connectivity index (χ3v) is 7.49. The van der Waals surface area contributed by atoms with Crippen molar-refractivity contribution in [3.63, 3.8) is 0 Å². The number of nitrogen functional groups attached to an aromatic ring is 1. The molecule has 0 radical (unpaired) electrons. The quantitative estimate of drug-likeness (QED) is 0.613. The Hall–Kier alpha value is -2.18. The largest absolute Gasteiger partial charge is 0.491 e. The summed E-state index contributed by atoms with van der Waals surface area (Å²) in [6.45, 7) is 12.5. The van der Waals surface area contributed by atoms with Crippen LogP contribution >= 0.6 is 0 Å². The predicted molar refractivity (Wildman–Crippen MR) is 123 cm³/mol. The highest BCUT2D eigenvalue weighted by Crippen LogP contribution is 2.48. The third kappa shape index (κ3) is 3.09. The van der Waals surface area contributed by atoms with Gasteiger partial charge < -0.3 is 24.8 Å². The number of fused-ring (bicyclic) bond motifs is 1. The van der Waals surface area contributed by atoms with Gasteiger partial charge in [-0.05, 0) is 57.3 Å². The van der Waals surface area contributed by atoms with Crippen LogP contribution in [0.25, 0.3) is 0 Å². The minimum Gasteiger partial charge on any atom is -0.400 e. The first kappa shape index (κ1) is 19.8. The Balaban J connectivity index is 1.31. The number of allylic oxidation sites excluding steroid dienone is 5. The third-order valence-electron chi connectivity index (χ3n) is 7.49.